The van der Waals surface area contributed by atoms with E-state index in [1.807, 2.05) is 32.0 Å². The van der Waals surface area contributed by atoms with E-state index in [0.29, 0.717) is 24.6 Å². The van der Waals surface area contributed by atoms with Gasteiger partial charge >= 0.3 is 0 Å². The standard InChI is InChI=1S/C14H16N2O2/c1-3-12(17)9-14-15-13(16-18-14)8-11-6-4-5-10(2)7-11/h4-7H,3,8-9H2,1-2H3. The Balaban J connectivity index is 2.04. The van der Waals surface area contributed by atoms with Crippen LogP contribution in [-0.4, -0.2) is 15.9 Å². The van der Waals surface area contributed by atoms with Crippen molar-refractivity contribution in [3.8, 4) is 0 Å². The summed E-state index contributed by atoms with van der Waals surface area (Å²) in [7, 11) is 0. The molecule has 4 nitrogen and oxygen atoms in total. The van der Waals surface area contributed by atoms with Crippen molar-refractivity contribution in [2.24, 2.45) is 0 Å². The van der Waals surface area contributed by atoms with Crippen molar-refractivity contribution >= 4 is 5.78 Å². The molecule has 4 heteroatoms. The minimum Gasteiger partial charge on any atom is -0.339 e. The van der Waals surface area contributed by atoms with Crippen molar-refractivity contribution in [2.75, 3.05) is 0 Å². The molecule has 0 bridgehead atoms. The Labute approximate surface area is 106 Å². The lowest BCUT2D eigenvalue weighted by atomic mass is 10.1. The van der Waals surface area contributed by atoms with Gasteiger partial charge in [0.2, 0.25) is 5.89 Å². The predicted molar refractivity (Wildman–Crippen MR) is 67.3 cm³/mol. The fourth-order valence-electron chi connectivity index (χ4n) is 1.73. The molecule has 1 aromatic heterocycles. The van der Waals surface area contributed by atoms with E-state index in [9.17, 15) is 4.79 Å². The summed E-state index contributed by atoms with van der Waals surface area (Å²) in [6.45, 7) is 3.87. The van der Waals surface area contributed by atoms with Gasteiger partial charge in [-0.2, -0.15) is 4.98 Å². The third-order valence-electron chi connectivity index (χ3n) is 2.70. The first kappa shape index (κ1) is 12.5. The molecule has 18 heavy (non-hydrogen) atoms. The molecule has 0 radical (unpaired) electrons. The maximum absolute atomic E-state index is 11.3. The van der Waals surface area contributed by atoms with Gasteiger partial charge in [0.1, 0.15) is 5.78 Å². The van der Waals surface area contributed by atoms with Crippen LogP contribution in [0.2, 0.25) is 0 Å². The predicted octanol–water partition coefficient (Wildman–Crippen LogP) is 2.49. The number of hydrogen-bond donors (Lipinski definition) is 0. The first-order chi connectivity index (χ1) is 8.67. The van der Waals surface area contributed by atoms with Crippen LogP contribution in [0, 0.1) is 6.92 Å². The number of aryl methyl sites for hydroxylation is 1. The van der Waals surface area contributed by atoms with E-state index in [2.05, 4.69) is 16.2 Å². The average Bonchev–Trinajstić information content (AvgIpc) is 2.76. The molecular weight excluding hydrogens is 228 g/mol. The molecule has 94 valence electrons. The lowest BCUT2D eigenvalue weighted by Gasteiger charge is -1.97. The summed E-state index contributed by atoms with van der Waals surface area (Å²) >= 11 is 0. The van der Waals surface area contributed by atoms with Crippen molar-refractivity contribution in [3.63, 3.8) is 0 Å². The SMILES string of the molecule is CCC(=O)Cc1nc(Cc2cccc(C)c2)no1. The number of ketones is 1. The quantitative estimate of drug-likeness (QED) is 0.810. The van der Waals surface area contributed by atoms with Crippen molar-refractivity contribution in [1.29, 1.82) is 0 Å². The van der Waals surface area contributed by atoms with Crippen LogP contribution in [0.5, 0.6) is 0 Å². The van der Waals surface area contributed by atoms with Crippen LogP contribution in [0.15, 0.2) is 28.8 Å². The zero-order chi connectivity index (χ0) is 13.0. The number of carbonyl (C=O) groups excluding carboxylic acids is 1. The zero-order valence-corrected chi connectivity index (χ0v) is 10.6. The summed E-state index contributed by atoms with van der Waals surface area (Å²) in [5, 5.41) is 3.89. The van der Waals surface area contributed by atoms with Gasteiger partial charge < -0.3 is 4.52 Å². The number of hydrogen-bond acceptors (Lipinski definition) is 4. The van der Waals surface area contributed by atoms with E-state index in [1.165, 1.54) is 5.56 Å². The van der Waals surface area contributed by atoms with Crippen molar-refractivity contribution in [3.05, 3.63) is 47.1 Å². The highest BCUT2D eigenvalue weighted by Gasteiger charge is 2.10. The minimum absolute atomic E-state index is 0.112. The lowest BCUT2D eigenvalue weighted by molar-refractivity contribution is -0.118. The zero-order valence-electron chi connectivity index (χ0n) is 10.6. The maximum Gasteiger partial charge on any atom is 0.234 e. The largest absolute Gasteiger partial charge is 0.339 e. The summed E-state index contributed by atoms with van der Waals surface area (Å²) < 4.78 is 5.06. The van der Waals surface area contributed by atoms with Gasteiger partial charge in [0.25, 0.3) is 0 Å². The van der Waals surface area contributed by atoms with Gasteiger partial charge in [-0.25, -0.2) is 0 Å². The Morgan fingerprint density at radius 2 is 2.22 bits per heavy atom. The van der Waals surface area contributed by atoms with Crippen LogP contribution >= 0.6 is 0 Å². The van der Waals surface area contributed by atoms with Crippen LogP contribution in [-0.2, 0) is 17.6 Å². The van der Waals surface area contributed by atoms with E-state index in [0.717, 1.165) is 5.56 Å². The number of aromatic nitrogens is 2. The molecule has 0 unspecified atom stereocenters. The van der Waals surface area contributed by atoms with E-state index < -0.39 is 0 Å². The van der Waals surface area contributed by atoms with Gasteiger partial charge in [-0.15, -0.1) is 0 Å². The monoisotopic (exact) mass is 244 g/mol. The molecule has 0 atom stereocenters. The van der Waals surface area contributed by atoms with Crippen LogP contribution in [0.3, 0.4) is 0 Å². The maximum atomic E-state index is 11.3. The van der Waals surface area contributed by atoms with Gasteiger partial charge in [0.05, 0.1) is 6.42 Å². The lowest BCUT2D eigenvalue weighted by Crippen LogP contribution is -2.00. The second-order valence-electron chi connectivity index (χ2n) is 4.34. The average molecular weight is 244 g/mol. The number of rotatable bonds is 5. The summed E-state index contributed by atoms with van der Waals surface area (Å²) in [4.78, 5) is 15.5. The van der Waals surface area contributed by atoms with Crippen molar-refractivity contribution in [2.45, 2.75) is 33.1 Å². The van der Waals surface area contributed by atoms with Gasteiger partial charge in [0.15, 0.2) is 5.82 Å². The molecule has 0 saturated heterocycles. The normalized spacial score (nSPS) is 10.6. The first-order valence-electron chi connectivity index (χ1n) is 6.06. The van der Waals surface area contributed by atoms with Crippen LogP contribution in [0.25, 0.3) is 0 Å². The molecule has 0 amide bonds. The molecule has 0 spiro atoms. The second-order valence-corrected chi connectivity index (χ2v) is 4.34. The minimum atomic E-state index is 0.112. The molecule has 1 aromatic carbocycles. The molecule has 0 N–H and O–H groups in total. The molecule has 0 aliphatic heterocycles. The number of Topliss-reactive ketones (excluding diaryl/α,β-unsaturated/α-hetero) is 1. The second kappa shape index (κ2) is 5.58. The highest BCUT2D eigenvalue weighted by molar-refractivity contribution is 5.79. The Hall–Kier alpha value is -1.97. The van der Waals surface area contributed by atoms with Gasteiger partial charge in [-0.1, -0.05) is 41.9 Å². The highest BCUT2D eigenvalue weighted by atomic mass is 16.5. The number of carbonyl (C=O) groups is 1. The summed E-state index contributed by atoms with van der Waals surface area (Å²) in [6, 6.07) is 8.17. The Morgan fingerprint density at radius 1 is 1.39 bits per heavy atom. The Bertz CT molecular complexity index is 546. The van der Waals surface area contributed by atoms with E-state index in [1.54, 1.807) is 0 Å². The van der Waals surface area contributed by atoms with Gasteiger partial charge in [-0.3, -0.25) is 4.79 Å². The molecule has 1 heterocycles. The number of benzene rings is 1. The fraction of sp³-hybridized carbons (Fsp3) is 0.357. The van der Waals surface area contributed by atoms with Gasteiger partial charge in [0, 0.05) is 12.8 Å². The van der Waals surface area contributed by atoms with Crippen molar-refractivity contribution in [1.82, 2.24) is 10.1 Å². The first-order valence-corrected chi connectivity index (χ1v) is 6.06. The van der Waals surface area contributed by atoms with Gasteiger partial charge in [-0.05, 0) is 12.5 Å². The molecule has 2 aromatic rings. The molecule has 0 aliphatic rings. The number of nitrogens with zero attached hydrogens (tertiary/aromatic N) is 2. The Morgan fingerprint density at radius 3 is 2.94 bits per heavy atom. The third kappa shape index (κ3) is 3.26. The van der Waals surface area contributed by atoms with Crippen LogP contribution < -0.4 is 0 Å². The molecule has 0 aliphatic carbocycles. The fourth-order valence-corrected chi connectivity index (χ4v) is 1.73. The van der Waals surface area contributed by atoms with Crippen LogP contribution in [0.4, 0.5) is 0 Å². The topological polar surface area (TPSA) is 56.0 Å². The summed E-state index contributed by atoms with van der Waals surface area (Å²) in [6.07, 6.45) is 1.36. The molecule has 0 fully saturated rings. The van der Waals surface area contributed by atoms with Crippen molar-refractivity contribution < 1.29 is 9.32 Å². The molecular formula is C14H16N2O2. The van der Waals surface area contributed by atoms with E-state index in [-0.39, 0.29) is 12.2 Å². The molecule has 2 rings (SSSR count). The van der Waals surface area contributed by atoms with E-state index >= 15 is 0 Å². The smallest absolute Gasteiger partial charge is 0.234 e. The summed E-state index contributed by atoms with van der Waals surface area (Å²) in [5.74, 6) is 1.14. The highest BCUT2D eigenvalue weighted by Crippen LogP contribution is 2.09. The molecule has 0 saturated carbocycles. The third-order valence-corrected chi connectivity index (χ3v) is 2.70. The Kier molecular flexibility index (Phi) is 3.87. The summed E-state index contributed by atoms with van der Waals surface area (Å²) in [5.41, 5.74) is 2.35. The van der Waals surface area contributed by atoms with Crippen LogP contribution in [0.1, 0.15) is 36.2 Å². The van der Waals surface area contributed by atoms with E-state index in [4.69, 9.17) is 4.52 Å².